The Labute approximate surface area is 266 Å². The van der Waals surface area contributed by atoms with E-state index in [2.05, 4.69) is 21.0 Å². The first-order chi connectivity index (χ1) is 22.2. The number of hydrogen-bond acceptors (Lipinski definition) is 12. The first-order valence-electron chi connectivity index (χ1n) is 16.6. The van der Waals surface area contributed by atoms with E-state index in [1.54, 1.807) is 4.90 Å². The van der Waals surface area contributed by atoms with Gasteiger partial charge in [-0.3, -0.25) is 0 Å². The molecule has 3 aliphatic rings. The minimum Gasteiger partial charge on any atom is -0.444 e. The number of carbonyl (C=O) groups excluding carboxylic acids is 1. The van der Waals surface area contributed by atoms with Crippen LogP contribution >= 0.6 is 11.3 Å². The van der Waals surface area contributed by atoms with Crippen LogP contribution in [0.1, 0.15) is 66.5 Å². The summed E-state index contributed by atoms with van der Waals surface area (Å²) in [6.07, 6.45) is 2.17. The van der Waals surface area contributed by atoms with E-state index in [4.69, 9.17) is 29.1 Å². The molecular weight excluding hydrogens is 578 g/mol. The molecule has 44 heavy (non-hydrogen) atoms. The highest BCUT2D eigenvalue weighted by Gasteiger charge is 2.43. The Bertz CT molecular complexity index is 1680. The van der Waals surface area contributed by atoms with Gasteiger partial charge in [0.05, 0.1) is 11.0 Å². The predicted molar refractivity (Wildman–Crippen MR) is 170 cm³/mol. The molecule has 1 atom stereocenters. The predicted octanol–water partition coefficient (Wildman–Crippen LogP) is 4.10. The van der Waals surface area contributed by atoms with Gasteiger partial charge in [0.15, 0.2) is 0 Å². The van der Waals surface area contributed by atoms with Crippen molar-refractivity contribution in [3.05, 3.63) is 34.0 Å². The van der Waals surface area contributed by atoms with Crippen LogP contribution in [0.5, 0.6) is 0 Å². The third kappa shape index (κ3) is 5.80. The summed E-state index contributed by atoms with van der Waals surface area (Å²) in [4.78, 5) is 31.1. The van der Waals surface area contributed by atoms with Gasteiger partial charge in [0.1, 0.15) is 28.2 Å². The van der Waals surface area contributed by atoms with Crippen LogP contribution in [0.15, 0.2) is 16.7 Å². The Balaban J connectivity index is 1.31. The number of nitrogen functional groups attached to an aromatic ring is 1. The third-order valence-corrected chi connectivity index (χ3v) is 9.66. The second-order valence-electron chi connectivity index (χ2n) is 12.9. The number of hydrogen-bond donors (Lipinski definition) is 1. The molecule has 1 amide bonds. The molecule has 2 fully saturated rings. The zero-order valence-corrected chi connectivity index (χ0v) is 26.5. The van der Waals surface area contributed by atoms with Crippen molar-refractivity contribution in [3.8, 4) is 17.6 Å². The van der Waals surface area contributed by atoms with Crippen molar-refractivity contribution in [2.45, 2.75) is 58.0 Å². The van der Waals surface area contributed by atoms with Crippen molar-refractivity contribution in [2.75, 3.05) is 74.9 Å². The van der Waals surface area contributed by atoms with Crippen LogP contribution in [0.4, 0.5) is 21.3 Å². The topological polar surface area (TPSA) is 141 Å². The van der Waals surface area contributed by atoms with Crippen molar-refractivity contribution in [2.24, 2.45) is 0 Å². The van der Waals surface area contributed by atoms with Crippen LogP contribution in [0.2, 0.25) is 0 Å². The second-order valence-corrected chi connectivity index (χ2v) is 14.0. The van der Waals surface area contributed by atoms with Gasteiger partial charge in [0.2, 0.25) is 11.7 Å². The number of rotatable bonds is 4. The Morgan fingerprint density at radius 3 is 2.55 bits per heavy atom. The molecule has 3 aromatic rings. The maximum Gasteiger partial charge on any atom is 0.410 e. The average Bonchev–Trinajstić information content (AvgIpc) is 3.65. The van der Waals surface area contributed by atoms with Crippen LogP contribution in [0.3, 0.4) is 0 Å². The van der Waals surface area contributed by atoms with E-state index in [0.717, 1.165) is 35.4 Å². The zero-order chi connectivity index (χ0) is 33.7. The van der Waals surface area contributed by atoms with Gasteiger partial charge in [0, 0.05) is 78.7 Å². The zero-order valence-electron chi connectivity index (χ0n) is 28.7. The van der Waals surface area contributed by atoms with Crippen LogP contribution in [0, 0.1) is 11.3 Å². The molecule has 13 heteroatoms. The molecule has 2 saturated heterocycles. The van der Waals surface area contributed by atoms with E-state index in [-0.39, 0.29) is 6.09 Å². The van der Waals surface area contributed by atoms with Crippen molar-refractivity contribution >= 4 is 33.9 Å². The smallest absolute Gasteiger partial charge is 0.410 e. The minimum atomic E-state index is -2.14. The highest BCUT2D eigenvalue weighted by atomic mass is 32.1. The van der Waals surface area contributed by atoms with Gasteiger partial charge in [-0.05, 0) is 60.0 Å². The Hall–Kier alpha value is -3.89. The van der Waals surface area contributed by atoms with E-state index in [1.165, 1.54) is 16.2 Å². The summed E-state index contributed by atoms with van der Waals surface area (Å²) in [5.74, 6) is 1.42. The molecule has 0 saturated carbocycles. The van der Waals surface area contributed by atoms with E-state index >= 15 is 0 Å². The normalized spacial score (nSPS) is 22.5. The molecule has 5 heterocycles. The number of likely N-dealkylation sites (N-methyl/N-ethyl adjacent to an activating group) is 1. The van der Waals surface area contributed by atoms with Crippen LogP contribution in [-0.2, 0) is 16.6 Å². The van der Waals surface area contributed by atoms with Gasteiger partial charge in [-0.2, -0.15) is 10.2 Å². The van der Waals surface area contributed by atoms with Gasteiger partial charge in [-0.15, -0.1) is 11.3 Å². The number of piperazine rings is 2. The number of carbonyl (C=O) groups is 1. The number of thiophene rings is 1. The molecule has 0 bridgehead atoms. The van der Waals surface area contributed by atoms with Crippen LogP contribution in [-0.4, -0.2) is 96.0 Å². The average molecular weight is 623 g/mol. The SMILES string of the molecule is [2H]C([2H])([2H])N1CCN(c2cc(N3CCN(C(=O)OC(C)(C)C)CC3)cc(-c3noc(C4(C)CCCc5sc(N)c(C#N)c54)n3)n2)CC1. The summed E-state index contributed by atoms with van der Waals surface area (Å²) in [6.45, 7) is 9.37. The lowest BCUT2D eigenvalue weighted by atomic mass is 9.72. The largest absolute Gasteiger partial charge is 0.444 e. The number of nitrogens with zero attached hydrogens (tertiary/aromatic N) is 8. The van der Waals surface area contributed by atoms with Crippen molar-refractivity contribution in [1.29, 1.82) is 5.26 Å². The summed E-state index contributed by atoms with van der Waals surface area (Å²) >= 11 is 1.45. The molecule has 0 radical (unpaired) electrons. The Kier molecular flexibility index (Phi) is 6.96. The molecule has 12 nitrogen and oxygen atoms in total. The molecule has 2 N–H and O–H groups in total. The molecule has 3 aromatic heterocycles. The first-order valence-corrected chi connectivity index (χ1v) is 15.9. The lowest BCUT2D eigenvalue weighted by Crippen LogP contribution is -2.50. The third-order valence-electron chi connectivity index (χ3n) is 8.58. The second kappa shape index (κ2) is 11.6. The molecule has 0 aromatic carbocycles. The number of anilines is 3. The van der Waals surface area contributed by atoms with E-state index < -0.39 is 18.0 Å². The Morgan fingerprint density at radius 2 is 1.86 bits per heavy atom. The first kappa shape index (κ1) is 26.5. The quantitative estimate of drug-likeness (QED) is 0.450. The van der Waals surface area contributed by atoms with Crippen LogP contribution in [0.25, 0.3) is 11.5 Å². The Morgan fingerprint density at radius 1 is 1.14 bits per heavy atom. The highest BCUT2D eigenvalue weighted by Crippen LogP contribution is 2.48. The number of pyridine rings is 1. The summed E-state index contributed by atoms with van der Waals surface area (Å²) < 4.78 is 34.9. The summed E-state index contributed by atoms with van der Waals surface area (Å²) in [6, 6.07) is 6.22. The number of aryl methyl sites for hydroxylation is 1. The number of nitriles is 1. The lowest BCUT2D eigenvalue weighted by molar-refractivity contribution is 0.0240. The lowest BCUT2D eigenvalue weighted by Gasteiger charge is -2.37. The summed E-state index contributed by atoms with van der Waals surface area (Å²) in [7, 11) is 0. The fourth-order valence-electron chi connectivity index (χ4n) is 6.23. The molecule has 6 rings (SSSR count). The van der Waals surface area contributed by atoms with Crippen molar-refractivity contribution in [1.82, 2.24) is 24.9 Å². The monoisotopic (exact) mass is 622 g/mol. The van der Waals surface area contributed by atoms with Crippen molar-refractivity contribution in [3.63, 3.8) is 0 Å². The molecule has 2 aliphatic heterocycles. The molecule has 0 spiro atoms. The fraction of sp³-hybridized carbons (Fsp3) is 0.581. The molecule has 1 aliphatic carbocycles. The van der Waals surface area contributed by atoms with Gasteiger partial charge >= 0.3 is 6.09 Å². The van der Waals surface area contributed by atoms with Crippen molar-refractivity contribution < 1.29 is 18.2 Å². The fourth-order valence-corrected chi connectivity index (χ4v) is 7.42. The van der Waals surface area contributed by atoms with Gasteiger partial charge < -0.3 is 34.6 Å². The molecule has 234 valence electrons. The van der Waals surface area contributed by atoms with E-state index in [9.17, 15) is 10.1 Å². The van der Waals surface area contributed by atoms with Crippen LogP contribution < -0.4 is 15.5 Å². The minimum absolute atomic E-state index is 0.326. The van der Waals surface area contributed by atoms with Gasteiger partial charge in [0.25, 0.3) is 0 Å². The maximum absolute atomic E-state index is 12.7. The van der Waals surface area contributed by atoms with Gasteiger partial charge in [-0.1, -0.05) is 5.16 Å². The maximum atomic E-state index is 12.7. The number of fused-ring (bicyclic) bond motifs is 1. The number of nitrogens with two attached hydrogens (primary N) is 1. The standard InChI is InChI=1S/C31H41N9O3S/c1-30(2,3)42-29(41)40-15-13-38(14-16-40)20-17-22(34-24(18-20)39-11-9-37(5)10-12-39)27-35-28(43-36-27)31(4)8-6-7-23-25(31)21(19-32)26(33)44-23/h17-18H,6-16,33H2,1-5H3/i5D3. The van der Waals surface area contributed by atoms with E-state index in [1.807, 2.05) is 39.8 Å². The number of amides is 1. The molecule has 1 unspecified atom stereocenters. The van der Waals surface area contributed by atoms with Gasteiger partial charge in [-0.25, -0.2) is 9.78 Å². The van der Waals surface area contributed by atoms with E-state index in [0.29, 0.717) is 86.1 Å². The summed E-state index contributed by atoms with van der Waals surface area (Å²) in [5, 5.41) is 14.8. The number of aromatic nitrogens is 3. The number of ether oxygens (including phenoxy) is 1. The summed E-state index contributed by atoms with van der Waals surface area (Å²) in [5.41, 5.74) is 7.77. The molecular formula is C31H41N9O3S. The highest BCUT2D eigenvalue weighted by molar-refractivity contribution is 7.16.